The Balaban J connectivity index is 0.000000137. The van der Waals surface area contributed by atoms with Gasteiger partial charge in [-0.1, -0.05) is 39.0 Å². The molecule has 6 fully saturated rings. The third-order valence-corrected chi connectivity index (χ3v) is 29.2. The van der Waals surface area contributed by atoms with Crippen molar-refractivity contribution in [2.45, 2.75) is 210 Å². The smallest absolute Gasteiger partial charge is 0.281 e. The Bertz CT molecular complexity index is 5250. The number of aromatic nitrogens is 12. The van der Waals surface area contributed by atoms with Gasteiger partial charge >= 0.3 is 0 Å². The van der Waals surface area contributed by atoms with Crippen LogP contribution in [-0.2, 0) is 30.1 Å². The van der Waals surface area contributed by atoms with Crippen LogP contribution in [0.1, 0.15) is 209 Å². The maximum atomic E-state index is 13.6. The quantitative estimate of drug-likeness (QED) is 0.0555. The molecule has 3 atom stereocenters. The van der Waals surface area contributed by atoms with E-state index < -0.39 is 47.8 Å². The Morgan fingerprint density at radius 3 is 0.911 bits per heavy atom. The largest absolute Gasteiger partial charge is 0.477 e. The zero-order valence-electron chi connectivity index (χ0n) is 71.3. The predicted molar refractivity (Wildman–Crippen MR) is 465 cm³/mol. The SMILES string of the molecule is CC1(CCOc2ccn(-c3ccc4c(n3)N3CC(CCCNc5cccc(n5)S(=O)(=O)NC4=O)CC3(C)C)n2)CC1.CC1(CCOc2ccn(-c3ccc4c(n3)N3C[C@@H](CCCNc5cccc(n5)S(=O)(=O)NC4=O)CC3(C)C)n2)CC1.CC1(CCOc2ccn(-c3ccc4c(n3)N3C[C@H](CCCNc5cccc(n5)S(=O)(=O)NC4=O)CC3(C)C)n2)CC1. The highest BCUT2D eigenvalue weighted by Gasteiger charge is 2.46. The molecule has 6 N–H and O–H groups in total. The molecule has 15 heterocycles. The number of carbonyl (C=O) groups is 3. The van der Waals surface area contributed by atoms with Crippen LogP contribution in [0.15, 0.2) is 143 Å². The van der Waals surface area contributed by atoms with E-state index in [-0.39, 0.29) is 48.4 Å². The zero-order valence-corrected chi connectivity index (χ0v) is 73.7. The molecule has 33 nitrogen and oxygen atoms in total. The first-order valence-electron chi connectivity index (χ1n) is 42.8. The molecule has 0 spiro atoms. The van der Waals surface area contributed by atoms with E-state index >= 15 is 0 Å². The second-order valence-electron chi connectivity index (χ2n) is 37.2. The molecule has 12 bridgehead atoms. The lowest BCUT2D eigenvalue weighted by Crippen LogP contribution is -2.41. The molecule has 1 unspecified atom stereocenters. The van der Waals surface area contributed by atoms with Gasteiger partial charge in [-0.25, -0.2) is 58.1 Å². The Morgan fingerprint density at radius 1 is 0.366 bits per heavy atom. The van der Waals surface area contributed by atoms with Crippen molar-refractivity contribution in [3.63, 3.8) is 0 Å². The van der Waals surface area contributed by atoms with Crippen LogP contribution >= 0.6 is 0 Å². The number of fused-ring (bicyclic) bond motifs is 18. The summed E-state index contributed by atoms with van der Waals surface area (Å²) in [6.07, 6.45) is 24.2. The van der Waals surface area contributed by atoms with Gasteiger partial charge in [0.25, 0.3) is 47.8 Å². The topological polar surface area (TPSA) is 394 Å². The summed E-state index contributed by atoms with van der Waals surface area (Å²) in [7, 11) is -12.7. The lowest BCUT2D eigenvalue weighted by Gasteiger charge is -2.34. The molecule has 3 saturated carbocycles. The van der Waals surface area contributed by atoms with E-state index in [0.29, 0.717) is 163 Å². The molecule has 654 valence electrons. The van der Waals surface area contributed by atoms with Gasteiger partial charge in [0.15, 0.2) is 32.5 Å². The fraction of sp³-hybridized carbons (Fsp3) is 0.517. The minimum absolute atomic E-state index is 0.177. The molecule has 18 rings (SSSR count). The van der Waals surface area contributed by atoms with Crippen molar-refractivity contribution in [2.75, 3.05) is 89.7 Å². The first kappa shape index (κ1) is 85.5. The van der Waals surface area contributed by atoms with Crippen molar-refractivity contribution in [2.24, 2.45) is 34.0 Å². The second kappa shape index (κ2) is 33.9. The van der Waals surface area contributed by atoms with E-state index in [2.05, 4.69) is 137 Å². The summed E-state index contributed by atoms with van der Waals surface area (Å²) in [5.41, 5.74) is 0.848. The molecule has 36 heteroatoms. The number of ether oxygens (including phenoxy) is 3. The summed E-state index contributed by atoms with van der Waals surface area (Å²) < 4.78 is 108. The van der Waals surface area contributed by atoms with E-state index in [1.165, 1.54) is 56.7 Å². The molecule has 3 aliphatic carbocycles. The summed E-state index contributed by atoms with van der Waals surface area (Å²) in [6, 6.07) is 29.4. The zero-order chi connectivity index (χ0) is 86.5. The van der Waals surface area contributed by atoms with Crippen LogP contribution in [-0.4, -0.2) is 178 Å². The van der Waals surface area contributed by atoms with Gasteiger partial charge in [-0.2, -0.15) is 25.3 Å². The number of nitrogens with zero attached hydrogens (tertiary/aromatic N) is 15. The van der Waals surface area contributed by atoms with Gasteiger partial charge in [0, 0.05) is 92.7 Å². The number of nitrogens with one attached hydrogen (secondary N) is 6. The summed E-state index contributed by atoms with van der Waals surface area (Å²) in [6.45, 7) is 25.6. The maximum Gasteiger partial charge on any atom is 0.281 e. The van der Waals surface area contributed by atoms with E-state index in [0.717, 1.165) is 77.0 Å². The van der Waals surface area contributed by atoms with Gasteiger partial charge in [0.05, 0.1) is 36.5 Å². The average Bonchev–Trinajstić information content (AvgIpc) is 1.73. The van der Waals surface area contributed by atoms with Gasteiger partial charge in [-0.05, 0) is 264 Å². The molecule has 3 amide bonds. The van der Waals surface area contributed by atoms with Crippen molar-refractivity contribution in [3.8, 4) is 35.1 Å². The summed E-state index contributed by atoms with van der Waals surface area (Å²) in [4.78, 5) is 74.4. The van der Waals surface area contributed by atoms with Crippen molar-refractivity contribution < 1.29 is 53.8 Å². The Kier molecular flexibility index (Phi) is 23.6. The fourth-order valence-electron chi connectivity index (χ4n) is 17.3. The van der Waals surface area contributed by atoms with Crippen LogP contribution < -0.4 is 59.0 Å². The summed E-state index contributed by atoms with van der Waals surface area (Å²) in [5.74, 6) is 4.63. The summed E-state index contributed by atoms with van der Waals surface area (Å²) >= 11 is 0. The highest BCUT2D eigenvalue weighted by atomic mass is 32.2. The number of hydrogen-bond donors (Lipinski definition) is 6. The number of hydrogen-bond acceptors (Lipinski definition) is 27. The maximum absolute atomic E-state index is 13.6. The van der Waals surface area contributed by atoms with Crippen LogP contribution in [0, 0.1) is 34.0 Å². The van der Waals surface area contributed by atoms with Gasteiger partial charge in [0.1, 0.15) is 34.9 Å². The average molecular weight is 1740 g/mol. The van der Waals surface area contributed by atoms with Gasteiger partial charge in [-0.3, -0.25) is 14.4 Å². The Hall–Kier alpha value is -11.0. The van der Waals surface area contributed by atoms with Crippen LogP contribution in [0.3, 0.4) is 0 Å². The Morgan fingerprint density at radius 2 is 0.642 bits per heavy atom. The lowest BCUT2D eigenvalue weighted by atomic mass is 9.93. The molecule has 0 aromatic carbocycles. The molecule has 123 heavy (non-hydrogen) atoms. The number of rotatable bonds is 15. The van der Waals surface area contributed by atoms with Crippen molar-refractivity contribution in [1.29, 1.82) is 0 Å². The Labute approximate surface area is 718 Å². The molecular formula is C87H111N21O12S3. The second-order valence-corrected chi connectivity index (χ2v) is 42.1. The van der Waals surface area contributed by atoms with Crippen LogP contribution in [0.2, 0.25) is 0 Å². The third kappa shape index (κ3) is 20.1. The highest BCUT2D eigenvalue weighted by Crippen LogP contribution is 2.50. The van der Waals surface area contributed by atoms with E-state index in [9.17, 15) is 39.6 Å². The predicted octanol–water partition coefficient (Wildman–Crippen LogP) is 12.5. The van der Waals surface area contributed by atoms with Crippen molar-refractivity contribution in [1.82, 2.24) is 73.4 Å². The number of sulfonamides is 3. The van der Waals surface area contributed by atoms with Crippen LogP contribution in [0.25, 0.3) is 17.5 Å². The first-order chi connectivity index (χ1) is 58.5. The molecule has 9 aromatic rings. The minimum atomic E-state index is -4.22. The number of pyridine rings is 6. The van der Waals surface area contributed by atoms with Gasteiger partial charge in [0.2, 0.25) is 17.6 Å². The van der Waals surface area contributed by atoms with Crippen LogP contribution in [0.4, 0.5) is 34.9 Å². The fourth-order valence-corrected chi connectivity index (χ4v) is 20.1. The van der Waals surface area contributed by atoms with Crippen molar-refractivity contribution >= 4 is 82.7 Å². The molecule has 0 radical (unpaired) electrons. The molecule has 6 aliphatic heterocycles. The standard InChI is InChI=1S/3C29H37N7O4S/c3*1-28(2)18-20-6-5-15-30-22-7-4-8-25(31-22)41(38,39)34-27(37)21-9-10-23(32-26(21)35(28)19-20)36-16-11-24(33-36)40-17-14-29(3)12-13-29/h3*4,7-11,16,20H,5-6,12-15,17-19H2,1-3H3,(H,30,31)(H,34,37)/t2*20-;/m10./s1. The van der Waals surface area contributed by atoms with E-state index in [1.807, 2.05) is 0 Å². The number of carbonyl (C=O) groups excluding carboxylic acids is 3. The van der Waals surface area contributed by atoms with E-state index in [1.54, 1.807) is 124 Å². The molecular weight excluding hydrogens is 1630 g/mol. The molecule has 9 aliphatic rings. The minimum Gasteiger partial charge on any atom is -0.477 e. The molecule has 3 saturated heterocycles. The van der Waals surface area contributed by atoms with Crippen LogP contribution in [0.5, 0.6) is 17.6 Å². The van der Waals surface area contributed by atoms with Gasteiger partial charge < -0.3 is 44.9 Å². The van der Waals surface area contributed by atoms with Gasteiger partial charge in [-0.15, -0.1) is 15.3 Å². The first-order valence-corrected chi connectivity index (χ1v) is 47.3. The lowest BCUT2D eigenvalue weighted by molar-refractivity contribution is 0.0972. The molecule has 9 aromatic heterocycles. The monoisotopic (exact) mass is 1740 g/mol. The number of amides is 3. The van der Waals surface area contributed by atoms with E-state index in [4.69, 9.17) is 29.2 Å². The van der Waals surface area contributed by atoms with Crippen molar-refractivity contribution in [3.05, 3.63) is 144 Å². The highest BCUT2D eigenvalue weighted by molar-refractivity contribution is 7.90. The normalized spacial score (nSPS) is 22.5. The number of anilines is 6. The summed E-state index contributed by atoms with van der Waals surface area (Å²) in [5, 5.41) is 22.7. The third-order valence-electron chi connectivity index (χ3n) is 25.5.